The van der Waals surface area contributed by atoms with Gasteiger partial charge in [-0.2, -0.15) is 27.1 Å². The highest BCUT2D eigenvalue weighted by Crippen LogP contribution is 2.45. The molecule has 0 aliphatic heterocycles. The monoisotopic (exact) mass is 282 g/mol. The van der Waals surface area contributed by atoms with Crippen LogP contribution in [0, 0.1) is 0 Å². The molecule has 0 amide bonds. The molecule has 0 saturated heterocycles. The smallest absolute Gasteiger partial charge is 0.294 e. The standard InChI is InChI=1S/C11H11F5N2O/c1-5(2)18-9-7(8(17-18)11(14,15)16)6(19)3-4-10(9,12)13/h5H,3-4H2,1-2H3. The molecule has 0 atom stereocenters. The minimum Gasteiger partial charge on any atom is -0.294 e. The van der Waals surface area contributed by atoms with E-state index in [4.69, 9.17) is 0 Å². The number of hydrogen-bond acceptors (Lipinski definition) is 2. The Morgan fingerprint density at radius 1 is 1.32 bits per heavy atom. The van der Waals surface area contributed by atoms with Crippen molar-refractivity contribution in [2.45, 2.75) is 44.8 Å². The molecule has 1 heterocycles. The number of nitrogens with zero attached hydrogens (tertiary/aromatic N) is 2. The fourth-order valence-corrected chi connectivity index (χ4v) is 2.14. The molecule has 1 aromatic rings. The van der Waals surface area contributed by atoms with E-state index in [1.165, 1.54) is 13.8 Å². The second kappa shape index (κ2) is 4.01. The number of carbonyl (C=O) groups is 1. The van der Waals surface area contributed by atoms with Crippen LogP contribution in [0.5, 0.6) is 0 Å². The summed E-state index contributed by atoms with van der Waals surface area (Å²) in [6.07, 6.45) is -6.31. The molecule has 1 aliphatic rings. The molecule has 0 N–H and O–H groups in total. The molecule has 8 heteroatoms. The number of carbonyl (C=O) groups excluding carboxylic acids is 1. The Morgan fingerprint density at radius 3 is 2.37 bits per heavy atom. The van der Waals surface area contributed by atoms with Crippen molar-refractivity contribution in [2.24, 2.45) is 0 Å². The van der Waals surface area contributed by atoms with Crippen LogP contribution in [0.4, 0.5) is 22.0 Å². The van der Waals surface area contributed by atoms with Crippen LogP contribution in [0.1, 0.15) is 54.5 Å². The Bertz CT molecular complexity index is 530. The van der Waals surface area contributed by atoms with Crippen LogP contribution < -0.4 is 0 Å². The van der Waals surface area contributed by atoms with E-state index in [-0.39, 0.29) is 0 Å². The van der Waals surface area contributed by atoms with Crippen molar-refractivity contribution < 1.29 is 26.7 Å². The van der Waals surface area contributed by atoms with Gasteiger partial charge in [0.15, 0.2) is 11.5 Å². The first-order chi connectivity index (χ1) is 8.55. The quantitative estimate of drug-likeness (QED) is 0.738. The Balaban J connectivity index is 2.79. The van der Waals surface area contributed by atoms with Crippen LogP contribution in [0.15, 0.2) is 0 Å². The summed E-state index contributed by atoms with van der Waals surface area (Å²) in [4.78, 5) is 11.6. The molecule has 0 spiro atoms. The molecule has 0 radical (unpaired) electrons. The van der Waals surface area contributed by atoms with Gasteiger partial charge in [0.05, 0.1) is 5.56 Å². The van der Waals surface area contributed by atoms with Gasteiger partial charge in [0.25, 0.3) is 5.92 Å². The van der Waals surface area contributed by atoms with E-state index in [1.807, 2.05) is 0 Å². The molecule has 1 aliphatic carbocycles. The van der Waals surface area contributed by atoms with Gasteiger partial charge in [-0.15, -0.1) is 0 Å². The SMILES string of the molecule is CC(C)n1nc(C(F)(F)F)c2c1C(F)(F)CCC2=O. The highest BCUT2D eigenvalue weighted by atomic mass is 19.4. The van der Waals surface area contributed by atoms with Gasteiger partial charge in [-0.3, -0.25) is 9.48 Å². The zero-order chi connectivity index (χ0) is 14.6. The number of rotatable bonds is 1. The first-order valence-electron chi connectivity index (χ1n) is 5.67. The number of Topliss-reactive ketones (excluding diaryl/α,β-unsaturated/α-hetero) is 1. The summed E-state index contributed by atoms with van der Waals surface area (Å²) in [5.41, 5.74) is -3.40. The van der Waals surface area contributed by atoms with Gasteiger partial charge >= 0.3 is 6.18 Å². The minimum absolute atomic E-state index is 0.604. The summed E-state index contributed by atoms with van der Waals surface area (Å²) < 4.78 is 66.6. The molecule has 0 bridgehead atoms. The fraction of sp³-hybridized carbons (Fsp3) is 0.636. The lowest BCUT2D eigenvalue weighted by atomic mass is 9.91. The van der Waals surface area contributed by atoms with Crippen molar-refractivity contribution in [3.8, 4) is 0 Å². The lowest BCUT2D eigenvalue weighted by Gasteiger charge is -2.24. The first-order valence-corrected chi connectivity index (χ1v) is 5.67. The Kier molecular flexibility index (Phi) is 2.94. The molecular formula is C11H11F5N2O. The first kappa shape index (κ1) is 14.0. The van der Waals surface area contributed by atoms with Gasteiger partial charge in [0, 0.05) is 18.9 Å². The maximum Gasteiger partial charge on any atom is 0.435 e. The van der Waals surface area contributed by atoms with E-state index in [1.54, 1.807) is 0 Å². The number of hydrogen-bond donors (Lipinski definition) is 0. The molecule has 2 rings (SSSR count). The normalized spacial score (nSPS) is 18.8. The fourth-order valence-electron chi connectivity index (χ4n) is 2.14. The average molecular weight is 282 g/mol. The average Bonchev–Trinajstić information content (AvgIpc) is 2.65. The highest BCUT2D eigenvalue weighted by Gasteiger charge is 2.50. The van der Waals surface area contributed by atoms with Crippen LogP contribution in [-0.2, 0) is 12.1 Å². The predicted molar refractivity (Wildman–Crippen MR) is 55.1 cm³/mol. The number of fused-ring (bicyclic) bond motifs is 1. The topological polar surface area (TPSA) is 34.9 Å². The third kappa shape index (κ3) is 2.12. The van der Waals surface area contributed by atoms with Gasteiger partial charge in [-0.1, -0.05) is 0 Å². The minimum atomic E-state index is -4.92. The van der Waals surface area contributed by atoms with E-state index in [0.29, 0.717) is 4.68 Å². The number of alkyl halides is 5. The molecule has 0 fully saturated rings. The van der Waals surface area contributed by atoms with E-state index < -0.39 is 53.7 Å². The summed E-state index contributed by atoms with van der Waals surface area (Å²) in [6.45, 7) is 2.87. The van der Waals surface area contributed by atoms with Crippen molar-refractivity contribution >= 4 is 5.78 Å². The third-order valence-corrected chi connectivity index (χ3v) is 2.96. The predicted octanol–water partition coefficient (Wildman–Crippen LogP) is 3.55. The molecule has 106 valence electrons. The van der Waals surface area contributed by atoms with Crippen molar-refractivity contribution in [3.05, 3.63) is 17.0 Å². The van der Waals surface area contributed by atoms with Gasteiger partial charge < -0.3 is 0 Å². The van der Waals surface area contributed by atoms with Crippen molar-refractivity contribution in [1.29, 1.82) is 0 Å². The van der Waals surface area contributed by atoms with Gasteiger partial charge in [0.2, 0.25) is 0 Å². The van der Waals surface area contributed by atoms with Crippen molar-refractivity contribution in [3.63, 3.8) is 0 Å². The summed E-state index contributed by atoms with van der Waals surface area (Å²) in [7, 11) is 0. The molecular weight excluding hydrogens is 271 g/mol. The zero-order valence-corrected chi connectivity index (χ0v) is 10.2. The number of halogens is 5. The van der Waals surface area contributed by atoms with Crippen molar-refractivity contribution in [1.82, 2.24) is 9.78 Å². The molecule has 1 aromatic heterocycles. The summed E-state index contributed by atoms with van der Waals surface area (Å²) >= 11 is 0. The highest BCUT2D eigenvalue weighted by molar-refractivity contribution is 5.99. The molecule has 0 saturated carbocycles. The third-order valence-electron chi connectivity index (χ3n) is 2.96. The van der Waals surface area contributed by atoms with Crippen LogP contribution in [-0.4, -0.2) is 15.6 Å². The van der Waals surface area contributed by atoms with Crippen LogP contribution in [0.3, 0.4) is 0 Å². The lowest BCUT2D eigenvalue weighted by Crippen LogP contribution is -2.29. The van der Waals surface area contributed by atoms with E-state index in [9.17, 15) is 26.7 Å². The number of ketones is 1. The van der Waals surface area contributed by atoms with E-state index in [2.05, 4.69) is 5.10 Å². The maximum atomic E-state index is 13.8. The second-order valence-electron chi connectivity index (χ2n) is 4.74. The van der Waals surface area contributed by atoms with Gasteiger partial charge in [-0.25, -0.2) is 0 Å². The Hall–Kier alpha value is -1.47. The summed E-state index contributed by atoms with van der Waals surface area (Å²) in [5.74, 6) is -4.40. The molecule has 3 nitrogen and oxygen atoms in total. The van der Waals surface area contributed by atoms with Crippen molar-refractivity contribution in [2.75, 3.05) is 0 Å². The summed E-state index contributed by atoms with van der Waals surface area (Å²) in [6, 6.07) is -0.693. The van der Waals surface area contributed by atoms with E-state index >= 15 is 0 Å². The molecule has 0 aromatic carbocycles. The number of aromatic nitrogens is 2. The maximum absolute atomic E-state index is 13.8. The Labute approximate surface area is 105 Å². The van der Waals surface area contributed by atoms with Crippen LogP contribution in [0.2, 0.25) is 0 Å². The molecule has 0 unspecified atom stereocenters. The second-order valence-corrected chi connectivity index (χ2v) is 4.74. The van der Waals surface area contributed by atoms with E-state index in [0.717, 1.165) is 0 Å². The van der Waals surface area contributed by atoms with Crippen LogP contribution >= 0.6 is 0 Å². The van der Waals surface area contributed by atoms with Gasteiger partial charge in [0.1, 0.15) is 5.69 Å². The van der Waals surface area contributed by atoms with Crippen LogP contribution in [0.25, 0.3) is 0 Å². The lowest BCUT2D eigenvalue weighted by molar-refractivity contribution is -0.141. The largest absolute Gasteiger partial charge is 0.435 e. The Morgan fingerprint density at radius 2 is 1.89 bits per heavy atom. The molecule has 19 heavy (non-hydrogen) atoms. The van der Waals surface area contributed by atoms with Gasteiger partial charge in [-0.05, 0) is 13.8 Å². The summed E-state index contributed by atoms with van der Waals surface area (Å²) in [5, 5.41) is 3.20. The zero-order valence-electron chi connectivity index (χ0n) is 10.2.